The van der Waals surface area contributed by atoms with Crippen LogP contribution in [0.5, 0.6) is 0 Å². The summed E-state index contributed by atoms with van der Waals surface area (Å²) in [5.74, 6) is 1.62. The van der Waals surface area contributed by atoms with Gasteiger partial charge in [0.25, 0.3) is 5.91 Å². The summed E-state index contributed by atoms with van der Waals surface area (Å²) in [6.07, 6.45) is 3.48. The molecule has 0 spiro atoms. The van der Waals surface area contributed by atoms with Crippen molar-refractivity contribution in [2.75, 3.05) is 46.9 Å². The van der Waals surface area contributed by atoms with Gasteiger partial charge in [0.1, 0.15) is 0 Å². The van der Waals surface area contributed by atoms with E-state index < -0.39 is 0 Å². The number of carbonyl (C=O) groups is 1. The SMILES string of the molecule is CN=C(NCCCNC(=O)c1ccccc1)N(C)CCOCC1CC1. The van der Waals surface area contributed by atoms with Gasteiger partial charge in [-0.15, -0.1) is 0 Å². The van der Waals surface area contributed by atoms with Crippen LogP contribution in [0, 0.1) is 5.92 Å². The van der Waals surface area contributed by atoms with Crippen molar-refractivity contribution >= 4 is 11.9 Å². The lowest BCUT2D eigenvalue weighted by molar-refractivity contribution is 0.0953. The Hall–Kier alpha value is -2.08. The first-order chi connectivity index (χ1) is 12.2. The fourth-order valence-corrected chi connectivity index (χ4v) is 2.41. The summed E-state index contributed by atoms with van der Waals surface area (Å²) in [7, 11) is 3.79. The molecule has 6 nitrogen and oxygen atoms in total. The third kappa shape index (κ3) is 7.56. The van der Waals surface area contributed by atoms with E-state index in [2.05, 4.69) is 20.5 Å². The Morgan fingerprint density at radius 2 is 1.96 bits per heavy atom. The van der Waals surface area contributed by atoms with Gasteiger partial charge in [-0.05, 0) is 37.3 Å². The molecule has 0 atom stereocenters. The number of guanidine groups is 1. The highest BCUT2D eigenvalue weighted by molar-refractivity contribution is 5.94. The molecule has 25 heavy (non-hydrogen) atoms. The van der Waals surface area contributed by atoms with Crippen molar-refractivity contribution in [1.29, 1.82) is 0 Å². The lowest BCUT2D eigenvalue weighted by Crippen LogP contribution is -2.41. The minimum atomic E-state index is -0.0325. The van der Waals surface area contributed by atoms with E-state index in [0.717, 1.165) is 44.6 Å². The Morgan fingerprint density at radius 3 is 2.64 bits per heavy atom. The van der Waals surface area contributed by atoms with Crippen LogP contribution in [0.25, 0.3) is 0 Å². The van der Waals surface area contributed by atoms with E-state index in [1.807, 2.05) is 37.4 Å². The molecule has 1 saturated carbocycles. The molecular formula is C19H30N4O2. The minimum Gasteiger partial charge on any atom is -0.379 e. The van der Waals surface area contributed by atoms with E-state index in [-0.39, 0.29) is 5.91 Å². The third-order valence-electron chi connectivity index (χ3n) is 4.15. The first-order valence-electron chi connectivity index (χ1n) is 9.03. The summed E-state index contributed by atoms with van der Waals surface area (Å²) in [5.41, 5.74) is 0.692. The molecule has 1 aliphatic rings. The summed E-state index contributed by atoms with van der Waals surface area (Å²) in [4.78, 5) is 18.3. The number of likely N-dealkylation sites (N-methyl/N-ethyl adjacent to an activating group) is 1. The van der Waals surface area contributed by atoms with Crippen molar-refractivity contribution in [2.24, 2.45) is 10.9 Å². The standard InChI is InChI=1S/C19H30N4O2/c1-20-19(23(2)13-14-25-15-16-9-10-16)22-12-6-11-21-18(24)17-7-4-3-5-8-17/h3-5,7-8,16H,6,9-15H2,1-2H3,(H,20,22)(H,21,24). The molecule has 1 aliphatic carbocycles. The van der Waals surface area contributed by atoms with Crippen molar-refractivity contribution in [3.05, 3.63) is 35.9 Å². The lowest BCUT2D eigenvalue weighted by atomic mass is 10.2. The maximum atomic E-state index is 11.9. The summed E-state index contributed by atoms with van der Waals surface area (Å²) < 4.78 is 5.66. The summed E-state index contributed by atoms with van der Waals surface area (Å²) in [6.45, 7) is 3.82. The van der Waals surface area contributed by atoms with Gasteiger partial charge in [-0.3, -0.25) is 9.79 Å². The second-order valence-electron chi connectivity index (χ2n) is 6.39. The largest absolute Gasteiger partial charge is 0.379 e. The van der Waals surface area contributed by atoms with E-state index >= 15 is 0 Å². The zero-order chi connectivity index (χ0) is 17.9. The van der Waals surface area contributed by atoms with Crippen LogP contribution in [0.15, 0.2) is 35.3 Å². The van der Waals surface area contributed by atoms with Crippen LogP contribution in [0.1, 0.15) is 29.6 Å². The topological polar surface area (TPSA) is 66.0 Å². The zero-order valence-corrected chi connectivity index (χ0v) is 15.3. The number of ether oxygens (including phenoxy) is 1. The summed E-state index contributed by atoms with van der Waals surface area (Å²) in [6, 6.07) is 9.26. The number of carbonyl (C=O) groups excluding carboxylic acids is 1. The van der Waals surface area contributed by atoms with Crippen LogP contribution < -0.4 is 10.6 Å². The summed E-state index contributed by atoms with van der Waals surface area (Å²) in [5, 5.41) is 6.24. The molecule has 0 heterocycles. The molecule has 1 amide bonds. The van der Waals surface area contributed by atoms with Crippen LogP contribution in [0.2, 0.25) is 0 Å². The van der Waals surface area contributed by atoms with Gasteiger partial charge in [-0.25, -0.2) is 0 Å². The van der Waals surface area contributed by atoms with E-state index in [4.69, 9.17) is 4.74 Å². The van der Waals surface area contributed by atoms with Crippen molar-refractivity contribution in [1.82, 2.24) is 15.5 Å². The predicted molar refractivity (Wildman–Crippen MR) is 101 cm³/mol. The van der Waals surface area contributed by atoms with E-state index in [1.165, 1.54) is 12.8 Å². The monoisotopic (exact) mass is 346 g/mol. The molecule has 1 aromatic carbocycles. The second-order valence-corrected chi connectivity index (χ2v) is 6.39. The highest BCUT2D eigenvalue weighted by atomic mass is 16.5. The molecule has 2 N–H and O–H groups in total. The van der Waals surface area contributed by atoms with E-state index in [9.17, 15) is 4.79 Å². The van der Waals surface area contributed by atoms with Crippen LogP contribution in [0.3, 0.4) is 0 Å². The fourth-order valence-electron chi connectivity index (χ4n) is 2.41. The highest BCUT2D eigenvalue weighted by Crippen LogP contribution is 2.28. The first-order valence-corrected chi connectivity index (χ1v) is 9.03. The number of amides is 1. The molecular weight excluding hydrogens is 316 g/mol. The van der Waals surface area contributed by atoms with Gasteiger partial charge in [0.2, 0.25) is 0 Å². The van der Waals surface area contributed by atoms with Gasteiger partial charge in [0.05, 0.1) is 6.61 Å². The Labute approximate surface area is 150 Å². The second kappa shape index (κ2) is 10.7. The molecule has 0 aromatic heterocycles. The van der Waals surface area contributed by atoms with Crippen LogP contribution >= 0.6 is 0 Å². The highest BCUT2D eigenvalue weighted by Gasteiger charge is 2.21. The molecule has 1 aromatic rings. The predicted octanol–water partition coefficient (Wildman–Crippen LogP) is 1.74. The molecule has 6 heteroatoms. The van der Waals surface area contributed by atoms with Crippen molar-refractivity contribution in [2.45, 2.75) is 19.3 Å². The molecule has 1 fully saturated rings. The minimum absolute atomic E-state index is 0.0325. The van der Waals surface area contributed by atoms with E-state index in [1.54, 1.807) is 7.05 Å². The quantitative estimate of drug-likeness (QED) is 0.385. The van der Waals surface area contributed by atoms with Crippen molar-refractivity contribution in [3.8, 4) is 0 Å². The van der Waals surface area contributed by atoms with Crippen molar-refractivity contribution in [3.63, 3.8) is 0 Å². The van der Waals surface area contributed by atoms with Gasteiger partial charge < -0.3 is 20.3 Å². The van der Waals surface area contributed by atoms with Crippen LogP contribution in [0.4, 0.5) is 0 Å². The Morgan fingerprint density at radius 1 is 1.24 bits per heavy atom. The Balaban J connectivity index is 1.54. The molecule has 138 valence electrons. The van der Waals surface area contributed by atoms with E-state index in [0.29, 0.717) is 12.1 Å². The maximum absolute atomic E-state index is 11.9. The average molecular weight is 346 g/mol. The Bertz CT molecular complexity index is 544. The normalized spacial score (nSPS) is 14.2. The Kier molecular flexibility index (Phi) is 8.25. The number of hydrogen-bond donors (Lipinski definition) is 2. The molecule has 2 rings (SSSR count). The molecule has 0 saturated heterocycles. The average Bonchev–Trinajstić information content (AvgIpc) is 3.46. The van der Waals surface area contributed by atoms with Gasteiger partial charge in [-0.2, -0.15) is 0 Å². The smallest absolute Gasteiger partial charge is 0.251 e. The fraction of sp³-hybridized carbons (Fsp3) is 0.579. The van der Waals surface area contributed by atoms with Crippen LogP contribution in [-0.2, 0) is 4.74 Å². The van der Waals surface area contributed by atoms with Gasteiger partial charge in [0.15, 0.2) is 5.96 Å². The van der Waals surface area contributed by atoms with Gasteiger partial charge >= 0.3 is 0 Å². The van der Waals surface area contributed by atoms with Crippen molar-refractivity contribution < 1.29 is 9.53 Å². The number of rotatable bonds is 10. The molecule has 0 radical (unpaired) electrons. The maximum Gasteiger partial charge on any atom is 0.251 e. The van der Waals surface area contributed by atoms with Crippen LogP contribution in [-0.4, -0.2) is 63.7 Å². The number of nitrogens with zero attached hydrogens (tertiary/aromatic N) is 2. The zero-order valence-electron chi connectivity index (χ0n) is 15.3. The lowest BCUT2D eigenvalue weighted by Gasteiger charge is -2.22. The number of aliphatic imine (C=N–C) groups is 1. The van der Waals surface area contributed by atoms with Gasteiger partial charge in [0, 0.05) is 45.9 Å². The molecule has 0 unspecified atom stereocenters. The summed E-state index contributed by atoms with van der Waals surface area (Å²) >= 11 is 0. The van der Waals surface area contributed by atoms with Gasteiger partial charge in [-0.1, -0.05) is 18.2 Å². The number of benzene rings is 1. The molecule has 0 aliphatic heterocycles. The first kappa shape index (κ1) is 19.2. The third-order valence-corrected chi connectivity index (χ3v) is 4.15. The number of hydrogen-bond acceptors (Lipinski definition) is 3. The number of nitrogens with one attached hydrogen (secondary N) is 2. The molecule has 0 bridgehead atoms.